The Bertz CT molecular complexity index is 1010. The van der Waals surface area contributed by atoms with Crippen LogP contribution in [-0.4, -0.2) is 22.5 Å². The minimum Gasteiger partial charge on any atom is -0.454 e. The van der Waals surface area contributed by atoms with Gasteiger partial charge in [-0.05, 0) is 44.2 Å². The minimum absolute atomic E-state index is 0.0981. The van der Waals surface area contributed by atoms with Gasteiger partial charge in [-0.1, -0.05) is 23.7 Å². The number of halogens is 1. The Kier molecular flexibility index (Phi) is 4.05. The van der Waals surface area contributed by atoms with E-state index in [9.17, 15) is 4.79 Å². The van der Waals surface area contributed by atoms with Crippen LogP contribution in [0, 0.1) is 13.8 Å². The molecule has 0 atom stereocenters. The number of rotatable bonds is 3. The molecule has 0 unspecified atom stereocenters. The van der Waals surface area contributed by atoms with Crippen LogP contribution in [-0.2, 0) is 0 Å². The Morgan fingerprint density at radius 2 is 2.00 bits per heavy atom. The molecule has 1 aliphatic heterocycles. The van der Waals surface area contributed by atoms with E-state index in [2.05, 4.69) is 10.4 Å². The number of para-hydroxylation sites is 2. The molecule has 132 valence electrons. The van der Waals surface area contributed by atoms with Crippen molar-refractivity contribution in [2.75, 3.05) is 12.1 Å². The molecule has 0 radical (unpaired) electrons. The van der Waals surface area contributed by atoms with Crippen LogP contribution in [0.15, 0.2) is 42.5 Å². The van der Waals surface area contributed by atoms with Crippen LogP contribution in [0.2, 0.25) is 5.02 Å². The molecule has 26 heavy (non-hydrogen) atoms. The van der Waals surface area contributed by atoms with Gasteiger partial charge >= 0.3 is 0 Å². The summed E-state index contributed by atoms with van der Waals surface area (Å²) in [6.45, 7) is 4.00. The molecule has 0 fully saturated rings. The first kappa shape index (κ1) is 16.5. The monoisotopic (exact) mass is 369 g/mol. The Balaban J connectivity index is 1.67. The number of fused-ring (bicyclic) bond motifs is 1. The van der Waals surface area contributed by atoms with Crippen LogP contribution < -0.4 is 14.8 Å². The molecule has 1 aliphatic rings. The molecule has 7 heteroatoms. The van der Waals surface area contributed by atoms with Gasteiger partial charge in [0.2, 0.25) is 6.79 Å². The second-order valence-corrected chi connectivity index (χ2v) is 6.41. The number of anilines is 1. The summed E-state index contributed by atoms with van der Waals surface area (Å²) in [7, 11) is 0. The summed E-state index contributed by atoms with van der Waals surface area (Å²) < 4.78 is 12.4. The maximum absolute atomic E-state index is 12.7. The number of aromatic nitrogens is 2. The third kappa shape index (κ3) is 2.88. The average Bonchev–Trinajstić information content (AvgIpc) is 3.21. The number of carbonyl (C=O) groups is 1. The summed E-state index contributed by atoms with van der Waals surface area (Å²) in [5.74, 6) is 0.639. The topological polar surface area (TPSA) is 65.4 Å². The van der Waals surface area contributed by atoms with Gasteiger partial charge in [0.1, 0.15) is 0 Å². The fourth-order valence-electron chi connectivity index (χ4n) is 2.93. The van der Waals surface area contributed by atoms with Gasteiger partial charge in [-0.25, -0.2) is 4.68 Å². The molecule has 0 saturated carbocycles. The molecule has 3 aromatic rings. The number of nitrogens with zero attached hydrogens (tertiary/aromatic N) is 2. The summed E-state index contributed by atoms with van der Waals surface area (Å²) in [4.78, 5) is 12.7. The molecule has 0 saturated heterocycles. The van der Waals surface area contributed by atoms with Crippen LogP contribution in [0.25, 0.3) is 5.69 Å². The maximum atomic E-state index is 12.7. The molecule has 0 bridgehead atoms. The first-order valence-electron chi connectivity index (χ1n) is 8.06. The molecule has 0 spiro atoms. The number of hydrogen-bond acceptors (Lipinski definition) is 4. The lowest BCUT2D eigenvalue weighted by Gasteiger charge is -2.13. The van der Waals surface area contributed by atoms with E-state index in [4.69, 9.17) is 21.1 Å². The molecule has 1 N–H and O–H groups in total. The number of aryl methyl sites for hydroxylation is 2. The van der Waals surface area contributed by atoms with E-state index in [-0.39, 0.29) is 12.7 Å². The molecule has 2 heterocycles. The van der Waals surface area contributed by atoms with Gasteiger partial charge in [-0.2, -0.15) is 5.10 Å². The molecular formula is C19H16ClN3O3. The number of hydrogen-bond donors (Lipinski definition) is 1. The van der Waals surface area contributed by atoms with Gasteiger partial charge in [0, 0.05) is 11.3 Å². The van der Waals surface area contributed by atoms with Crippen LogP contribution >= 0.6 is 11.6 Å². The third-order valence-electron chi connectivity index (χ3n) is 4.08. The van der Waals surface area contributed by atoms with Crippen molar-refractivity contribution in [3.8, 4) is 17.2 Å². The number of benzene rings is 2. The molecule has 1 aromatic heterocycles. The SMILES string of the molecule is Cc1cc(C)n(-c2ccccc2NC(=O)c2cc(Cl)c3c(c2)OCO3)n1. The number of amides is 1. The van der Waals surface area contributed by atoms with Gasteiger partial charge in [-0.15, -0.1) is 0 Å². The van der Waals surface area contributed by atoms with E-state index < -0.39 is 0 Å². The van der Waals surface area contributed by atoms with Crippen molar-refractivity contribution in [2.45, 2.75) is 13.8 Å². The fraction of sp³-hybridized carbons (Fsp3) is 0.158. The first-order valence-corrected chi connectivity index (χ1v) is 8.44. The Morgan fingerprint density at radius 1 is 1.19 bits per heavy atom. The summed E-state index contributed by atoms with van der Waals surface area (Å²) in [5, 5.41) is 7.76. The second kappa shape index (κ2) is 6.38. The van der Waals surface area contributed by atoms with Crippen molar-refractivity contribution in [3.63, 3.8) is 0 Å². The van der Waals surface area contributed by atoms with Gasteiger partial charge in [-0.3, -0.25) is 4.79 Å². The highest BCUT2D eigenvalue weighted by Gasteiger charge is 2.21. The van der Waals surface area contributed by atoms with Gasteiger partial charge in [0.15, 0.2) is 11.5 Å². The van der Waals surface area contributed by atoms with Crippen molar-refractivity contribution < 1.29 is 14.3 Å². The van der Waals surface area contributed by atoms with Gasteiger partial charge < -0.3 is 14.8 Å². The number of carbonyl (C=O) groups excluding carboxylic acids is 1. The van der Waals surface area contributed by atoms with Crippen LogP contribution in [0.1, 0.15) is 21.7 Å². The molecular weight excluding hydrogens is 354 g/mol. The lowest BCUT2D eigenvalue weighted by atomic mass is 10.1. The molecule has 0 aliphatic carbocycles. The predicted octanol–water partition coefficient (Wildman–Crippen LogP) is 4.12. The molecule has 4 rings (SSSR count). The van der Waals surface area contributed by atoms with E-state index in [1.165, 1.54) is 0 Å². The minimum atomic E-state index is -0.292. The van der Waals surface area contributed by atoms with E-state index in [0.29, 0.717) is 27.8 Å². The van der Waals surface area contributed by atoms with Crippen LogP contribution in [0.3, 0.4) is 0 Å². The first-order chi connectivity index (χ1) is 12.5. The average molecular weight is 370 g/mol. The molecule has 2 aromatic carbocycles. The fourth-order valence-corrected chi connectivity index (χ4v) is 3.19. The van der Waals surface area contributed by atoms with Crippen molar-refractivity contribution >= 4 is 23.2 Å². The predicted molar refractivity (Wildman–Crippen MR) is 98.6 cm³/mol. The summed E-state index contributed by atoms with van der Waals surface area (Å²) in [6.07, 6.45) is 0. The summed E-state index contributed by atoms with van der Waals surface area (Å²) in [5.41, 5.74) is 3.72. The highest BCUT2D eigenvalue weighted by Crippen LogP contribution is 2.40. The largest absolute Gasteiger partial charge is 0.454 e. The zero-order chi connectivity index (χ0) is 18.3. The quantitative estimate of drug-likeness (QED) is 0.754. The Morgan fingerprint density at radius 3 is 2.77 bits per heavy atom. The summed E-state index contributed by atoms with van der Waals surface area (Å²) in [6, 6.07) is 12.7. The van der Waals surface area contributed by atoms with Crippen LogP contribution in [0.4, 0.5) is 5.69 Å². The van der Waals surface area contributed by atoms with Crippen LogP contribution in [0.5, 0.6) is 11.5 Å². The number of ether oxygens (including phenoxy) is 2. The van der Waals surface area contributed by atoms with Gasteiger partial charge in [0.05, 0.1) is 22.1 Å². The van der Waals surface area contributed by atoms with Crippen molar-refractivity contribution in [1.82, 2.24) is 9.78 Å². The third-order valence-corrected chi connectivity index (χ3v) is 4.36. The standard InChI is InChI=1S/C19H16ClN3O3/c1-11-7-12(2)23(22-11)16-6-4-3-5-15(16)21-19(24)13-8-14(20)18-17(9-13)25-10-26-18/h3-9H,10H2,1-2H3,(H,21,24). The van der Waals surface area contributed by atoms with E-state index in [1.54, 1.807) is 16.8 Å². The van der Waals surface area contributed by atoms with Gasteiger partial charge in [0.25, 0.3) is 5.91 Å². The highest BCUT2D eigenvalue weighted by atomic mass is 35.5. The van der Waals surface area contributed by atoms with E-state index in [1.807, 2.05) is 44.2 Å². The zero-order valence-corrected chi connectivity index (χ0v) is 15.0. The lowest BCUT2D eigenvalue weighted by molar-refractivity contribution is 0.102. The highest BCUT2D eigenvalue weighted by molar-refractivity contribution is 6.32. The maximum Gasteiger partial charge on any atom is 0.255 e. The Hall–Kier alpha value is -2.99. The second-order valence-electron chi connectivity index (χ2n) is 6.00. The number of nitrogens with one attached hydrogen (secondary N) is 1. The van der Waals surface area contributed by atoms with Crippen molar-refractivity contribution in [1.29, 1.82) is 0 Å². The smallest absolute Gasteiger partial charge is 0.255 e. The van der Waals surface area contributed by atoms with E-state index in [0.717, 1.165) is 17.1 Å². The van der Waals surface area contributed by atoms with E-state index >= 15 is 0 Å². The molecule has 1 amide bonds. The molecule has 6 nitrogen and oxygen atoms in total. The van der Waals surface area contributed by atoms with Crippen molar-refractivity contribution in [3.05, 3.63) is 64.4 Å². The Labute approximate surface area is 155 Å². The zero-order valence-electron chi connectivity index (χ0n) is 14.2. The van der Waals surface area contributed by atoms with Crippen molar-refractivity contribution in [2.24, 2.45) is 0 Å². The normalized spacial score (nSPS) is 12.3. The summed E-state index contributed by atoms with van der Waals surface area (Å²) >= 11 is 6.17. The lowest BCUT2D eigenvalue weighted by Crippen LogP contribution is -2.14.